The SMILES string of the molecule is O[C@H](CN1CCCCCC1)CN(c1ccccc1)c1ccccc1. The molecular formula is C21H28N2O. The van der Waals surface area contributed by atoms with Crippen LogP contribution < -0.4 is 4.90 Å². The molecule has 1 atom stereocenters. The van der Waals surface area contributed by atoms with E-state index in [1.54, 1.807) is 0 Å². The number of rotatable bonds is 6. The number of hydrogen-bond acceptors (Lipinski definition) is 3. The first-order valence-corrected chi connectivity index (χ1v) is 9.11. The number of β-amino-alcohol motifs (C(OH)–C–C–N with tert-alkyl or cyclic N) is 1. The molecule has 0 radical (unpaired) electrons. The smallest absolute Gasteiger partial charge is 0.0845 e. The fourth-order valence-electron chi connectivity index (χ4n) is 3.46. The van der Waals surface area contributed by atoms with Crippen molar-refractivity contribution in [1.82, 2.24) is 4.90 Å². The van der Waals surface area contributed by atoms with Crippen molar-refractivity contribution in [2.75, 3.05) is 31.1 Å². The Kier molecular flexibility index (Phi) is 6.27. The van der Waals surface area contributed by atoms with Crippen molar-refractivity contribution >= 4 is 11.4 Å². The first-order chi connectivity index (χ1) is 11.8. The van der Waals surface area contributed by atoms with Crippen LogP contribution in [0.2, 0.25) is 0 Å². The lowest BCUT2D eigenvalue weighted by Crippen LogP contribution is -2.39. The van der Waals surface area contributed by atoms with Crippen LogP contribution in [0.4, 0.5) is 11.4 Å². The zero-order valence-corrected chi connectivity index (χ0v) is 14.3. The summed E-state index contributed by atoms with van der Waals surface area (Å²) in [5.41, 5.74) is 2.25. The van der Waals surface area contributed by atoms with Crippen LogP contribution in [0.15, 0.2) is 60.7 Å². The van der Waals surface area contributed by atoms with E-state index in [1.165, 1.54) is 25.7 Å². The van der Waals surface area contributed by atoms with E-state index in [1.807, 2.05) is 36.4 Å². The van der Waals surface area contributed by atoms with Gasteiger partial charge in [-0.3, -0.25) is 0 Å². The van der Waals surface area contributed by atoms with Crippen LogP contribution in [0.5, 0.6) is 0 Å². The van der Waals surface area contributed by atoms with Crippen LogP contribution in [0.1, 0.15) is 25.7 Å². The second-order valence-electron chi connectivity index (χ2n) is 6.65. The Morgan fingerprint density at radius 3 is 1.79 bits per heavy atom. The molecule has 0 saturated carbocycles. The summed E-state index contributed by atoms with van der Waals surface area (Å²) in [6.07, 6.45) is 4.81. The van der Waals surface area contributed by atoms with Crippen molar-refractivity contribution in [2.45, 2.75) is 31.8 Å². The molecule has 0 spiro atoms. The zero-order chi connectivity index (χ0) is 16.6. The standard InChI is InChI=1S/C21H28N2O/c24-21(17-22-15-9-1-2-10-16-22)18-23(19-11-5-3-6-12-19)20-13-7-4-8-14-20/h3-8,11-14,21,24H,1-2,9-10,15-18H2/t21-/m1/s1. The van der Waals surface area contributed by atoms with Crippen molar-refractivity contribution < 1.29 is 5.11 Å². The Balaban J connectivity index is 1.69. The third kappa shape index (κ3) is 4.83. The summed E-state index contributed by atoms with van der Waals surface area (Å²) in [5.74, 6) is 0. The normalized spacial score (nSPS) is 17.2. The summed E-state index contributed by atoms with van der Waals surface area (Å²) in [5, 5.41) is 10.7. The number of benzene rings is 2. The zero-order valence-electron chi connectivity index (χ0n) is 14.3. The number of para-hydroxylation sites is 2. The highest BCUT2D eigenvalue weighted by molar-refractivity contribution is 5.63. The molecule has 24 heavy (non-hydrogen) atoms. The number of likely N-dealkylation sites (tertiary alicyclic amines) is 1. The van der Waals surface area contributed by atoms with E-state index in [0.717, 1.165) is 31.0 Å². The number of hydrogen-bond donors (Lipinski definition) is 1. The topological polar surface area (TPSA) is 26.7 Å². The van der Waals surface area contributed by atoms with Crippen LogP contribution in [-0.4, -0.2) is 42.3 Å². The van der Waals surface area contributed by atoms with Crippen molar-refractivity contribution in [3.63, 3.8) is 0 Å². The minimum atomic E-state index is -0.358. The summed E-state index contributed by atoms with van der Waals surface area (Å²) in [6, 6.07) is 20.7. The molecule has 1 fully saturated rings. The van der Waals surface area contributed by atoms with Crippen LogP contribution in [0.3, 0.4) is 0 Å². The summed E-state index contributed by atoms with van der Waals surface area (Å²) in [4.78, 5) is 4.63. The van der Waals surface area contributed by atoms with Gasteiger partial charge in [-0.2, -0.15) is 0 Å². The van der Waals surface area contributed by atoms with E-state index in [2.05, 4.69) is 34.1 Å². The lowest BCUT2D eigenvalue weighted by molar-refractivity contribution is 0.120. The molecule has 3 nitrogen and oxygen atoms in total. The van der Waals surface area contributed by atoms with Gasteiger partial charge in [-0.15, -0.1) is 0 Å². The molecule has 128 valence electrons. The van der Waals surface area contributed by atoms with E-state index >= 15 is 0 Å². The van der Waals surface area contributed by atoms with E-state index in [-0.39, 0.29) is 6.10 Å². The predicted octanol–water partition coefficient (Wildman–Crippen LogP) is 4.06. The average molecular weight is 324 g/mol. The maximum absolute atomic E-state index is 10.7. The van der Waals surface area contributed by atoms with Gasteiger partial charge >= 0.3 is 0 Å². The fraction of sp³-hybridized carbons (Fsp3) is 0.429. The molecule has 1 aliphatic heterocycles. The van der Waals surface area contributed by atoms with Crippen molar-refractivity contribution in [2.24, 2.45) is 0 Å². The highest BCUT2D eigenvalue weighted by Gasteiger charge is 2.18. The lowest BCUT2D eigenvalue weighted by Gasteiger charge is -2.30. The molecule has 3 rings (SSSR count). The summed E-state index contributed by atoms with van der Waals surface area (Å²) in [6.45, 7) is 3.61. The summed E-state index contributed by atoms with van der Waals surface area (Å²) >= 11 is 0. The van der Waals surface area contributed by atoms with E-state index in [9.17, 15) is 5.11 Å². The quantitative estimate of drug-likeness (QED) is 0.868. The minimum absolute atomic E-state index is 0.358. The molecule has 2 aromatic carbocycles. The van der Waals surface area contributed by atoms with Gasteiger partial charge in [0.2, 0.25) is 0 Å². The predicted molar refractivity (Wildman–Crippen MR) is 101 cm³/mol. The average Bonchev–Trinajstić information content (AvgIpc) is 2.90. The molecule has 0 aromatic heterocycles. The van der Waals surface area contributed by atoms with Gasteiger partial charge in [0, 0.05) is 17.9 Å². The van der Waals surface area contributed by atoms with Crippen LogP contribution in [0.25, 0.3) is 0 Å². The highest BCUT2D eigenvalue weighted by Crippen LogP contribution is 2.25. The van der Waals surface area contributed by atoms with Gasteiger partial charge in [0.1, 0.15) is 0 Å². The monoisotopic (exact) mass is 324 g/mol. The molecule has 0 unspecified atom stereocenters. The Labute approximate surface area is 145 Å². The van der Waals surface area contributed by atoms with Gasteiger partial charge < -0.3 is 14.9 Å². The van der Waals surface area contributed by atoms with Gasteiger partial charge in [-0.05, 0) is 50.2 Å². The van der Waals surface area contributed by atoms with E-state index in [4.69, 9.17) is 0 Å². The first kappa shape index (κ1) is 17.0. The Hall–Kier alpha value is -1.84. The summed E-state index contributed by atoms with van der Waals surface area (Å²) in [7, 11) is 0. The van der Waals surface area contributed by atoms with Crippen molar-refractivity contribution in [3.8, 4) is 0 Å². The summed E-state index contributed by atoms with van der Waals surface area (Å²) < 4.78 is 0. The second kappa shape index (κ2) is 8.86. The molecule has 0 aliphatic carbocycles. The van der Waals surface area contributed by atoms with Gasteiger partial charge in [0.25, 0.3) is 0 Å². The molecule has 0 bridgehead atoms. The molecule has 1 heterocycles. The largest absolute Gasteiger partial charge is 0.390 e. The first-order valence-electron chi connectivity index (χ1n) is 9.11. The Morgan fingerprint density at radius 1 is 0.792 bits per heavy atom. The second-order valence-corrected chi connectivity index (χ2v) is 6.65. The van der Waals surface area contributed by atoms with Crippen LogP contribution in [0, 0.1) is 0 Å². The Bertz CT molecular complexity index is 540. The third-order valence-corrected chi connectivity index (χ3v) is 4.70. The molecule has 0 amide bonds. The number of nitrogens with zero attached hydrogens (tertiary/aromatic N) is 2. The van der Waals surface area contributed by atoms with E-state index < -0.39 is 0 Å². The third-order valence-electron chi connectivity index (χ3n) is 4.70. The van der Waals surface area contributed by atoms with Gasteiger partial charge in [-0.1, -0.05) is 49.2 Å². The minimum Gasteiger partial charge on any atom is -0.390 e. The number of aliphatic hydroxyl groups excluding tert-OH is 1. The molecule has 1 saturated heterocycles. The fourth-order valence-corrected chi connectivity index (χ4v) is 3.46. The van der Waals surface area contributed by atoms with Gasteiger partial charge in [0.15, 0.2) is 0 Å². The van der Waals surface area contributed by atoms with Crippen LogP contribution >= 0.6 is 0 Å². The van der Waals surface area contributed by atoms with E-state index in [0.29, 0.717) is 6.54 Å². The molecule has 1 N–H and O–H groups in total. The maximum Gasteiger partial charge on any atom is 0.0845 e. The highest BCUT2D eigenvalue weighted by atomic mass is 16.3. The molecule has 1 aliphatic rings. The van der Waals surface area contributed by atoms with Crippen LogP contribution in [-0.2, 0) is 0 Å². The van der Waals surface area contributed by atoms with Crippen molar-refractivity contribution in [1.29, 1.82) is 0 Å². The molecular weight excluding hydrogens is 296 g/mol. The maximum atomic E-state index is 10.7. The molecule has 2 aromatic rings. The molecule has 3 heteroatoms. The van der Waals surface area contributed by atoms with Gasteiger partial charge in [0.05, 0.1) is 12.6 Å². The number of anilines is 2. The van der Waals surface area contributed by atoms with Gasteiger partial charge in [-0.25, -0.2) is 0 Å². The van der Waals surface area contributed by atoms with Crippen molar-refractivity contribution in [3.05, 3.63) is 60.7 Å². The number of aliphatic hydroxyl groups is 1. The Morgan fingerprint density at radius 2 is 1.29 bits per heavy atom. The lowest BCUT2D eigenvalue weighted by atomic mass is 10.2.